The molecule has 16 heavy (non-hydrogen) atoms. The van der Waals surface area contributed by atoms with Crippen LogP contribution in [0.3, 0.4) is 0 Å². The molecule has 0 bridgehead atoms. The van der Waals surface area contributed by atoms with Gasteiger partial charge in [-0.2, -0.15) is 0 Å². The molecule has 1 aromatic carbocycles. The molecule has 2 heteroatoms. The van der Waals surface area contributed by atoms with Gasteiger partial charge in [-0.05, 0) is 36.9 Å². The van der Waals surface area contributed by atoms with Crippen LogP contribution in [0.2, 0.25) is 0 Å². The predicted octanol–water partition coefficient (Wildman–Crippen LogP) is 3.38. The van der Waals surface area contributed by atoms with Crippen molar-refractivity contribution in [2.24, 2.45) is 0 Å². The summed E-state index contributed by atoms with van der Waals surface area (Å²) in [6.45, 7) is 6.85. The number of hydrogen-bond donors (Lipinski definition) is 0. The first-order chi connectivity index (χ1) is 7.81. The minimum Gasteiger partial charge on any atom is -0.380 e. The van der Waals surface area contributed by atoms with Gasteiger partial charge in [-0.15, -0.1) is 0 Å². The van der Waals surface area contributed by atoms with Gasteiger partial charge in [-0.1, -0.05) is 18.6 Å². The first-order valence-electron chi connectivity index (χ1n) is 5.94. The van der Waals surface area contributed by atoms with E-state index < -0.39 is 0 Å². The largest absolute Gasteiger partial charge is 0.380 e. The van der Waals surface area contributed by atoms with E-state index in [1.165, 1.54) is 16.5 Å². The molecule has 0 aliphatic rings. The first kappa shape index (κ1) is 11.2. The third-order valence-electron chi connectivity index (χ3n) is 2.75. The van der Waals surface area contributed by atoms with E-state index in [0.717, 1.165) is 26.2 Å². The van der Waals surface area contributed by atoms with Crippen LogP contribution in [0.25, 0.3) is 10.9 Å². The lowest BCUT2D eigenvalue weighted by Gasteiger charge is -2.06. The van der Waals surface area contributed by atoms with Crippen molar-refractivity contribution in [3.63, 3.8) is 0 Å². The molecule has 0 saturated carbocycles. The van der Waals surface area contributed by atoms with Crippen molar-refractivity contribution in [2.45, 2.75) is 26.8 Å². The van der Waals surface area contributed by atoms with E-state index in [9.17, 15) is 0 Å². The molecule has 2 aromatic rings. The van der Waals surface area contributed by atoms with Crippen LogP contribution in [-0.4, -0.2) is 17.8 Å². The Hall–Kier alpha value is -1.28. The smallest absolute Gasteiger partial charge is 0.0645 e. The maximum absolute atomic E-state index is 5.51. The molecule has 1 heterocycles. The Kier molecular flexibility index (Phi) is 3.62. The molecule has 0 radical (unpaired) electrons. The maximum Gasteiger partial charge on any atom is 0.0645 e. The zero-order chi connectivity index (χ0) is 11.4. The molecule has 0 atom stereocenters. The van der Waals surface area contributed by atoms with Crippen molar-refractivity contribution in [1.82, 2.24) is 4.57 Å². The van der Waals surface area contributed by atoms with Gasteiger partial charge in [0.1, 0.15) is 0 Å². The number of aromatic nitrogens is 1. The zero-order valence-corrected chi connectivity index (χ0v) is 10.1. The van der Waals surface area contributed by atoms with Gasteiger partial charge in [0, 0.05) is 24.9 Å². The zero-order valence-electron chi connectivity index (χ0n) is 10.1. The molecular formula is C14H19NO. The van der Waals surface area contributed by atoms with Crippen LogP contribution in [0.4, 0.5) is 0 Å². The molecule has 0 saturated heterocycles. The molecule has 0 fully saturated rings. The SMILES string of the molecule is CCCOCCn1ccc2cc(C)ccc21. The molecule has 0 amide bonds. The number of rotatable bonds is 5. The van der Waals surface area contributed by atoms with Gasteiger partial charge in [-0.25, -0.2) is 0 Å². The summed E-state index contributed by atoms with van der Waals surface area (Å²) in [5.74, 6) is 0. The monoisotopic (exact) mass is 217 g/mol. The van der Waals surface area contributed by atoms with Gasteiger partial charge in [0.15, 0.2) is 0 Å². The van der Waals surface area contributed by atoms with E-state index >= 15 is 0 Å². The second kappa shape index (κ2) is 5.17. The summed E-state index contributed by atoms with van der Waals surface area (Å²) in [5.41, 5.74) is 2.61. The number of ether oxygens (including phenoxy) is 1. The van der Waals surface area contributed by atoms with Crippen molar-refractivity contribution in [2.75, 3.05) is 13.2 Å². The molecule has 0 spiro atoms. The third-order valence-corrected chi connectivity index (χ3v) is 2.75. The normalized spacial score (nSPS) is 11.1. The summed E-state index contributed by atoms with van der Waals surface area (Å²) in [6.07, 6.45) is 3.23. The van der Waals surface area contributed by atoms with Crippen LogP contribution < -0.4 is 0 Å². The Morgan fingerprint density at radius 2 is 2.06 bits per heavy atom. The van der Waals surface area contributed by atoms with E-state index in [1.54, 1.807) is 0 Å². The van der Waals surface area contributed by atoms with E-state index in [4.69, 9.17) is 4.74 Å². The summed E-state index contributed by atoms with van der Waals surface area (Å²) in [4.78, 5) is 0. The quantitative estimate of drug-likeness (QED) is 0.700. The highest BCUT2D eigenvalue weighted by atomic mass is 16.5. The van der Waals surface area contributed by atoms with E-state index in [-0.39, 0.29) is 0 Å². The fourth-order valence-corrected chi connectivity index (χ4v) is 1.92. The highest BCUT2D eigenvalue weighted by molar-refractivity contribution is 5.80. The average Bonchev–Trinajstić information content (AvgIpc) is 2.67. The Balaban J connectivity index is 2.07. The van der Waals surface area contributed by atoms with Crippen molar-refractivity contribution in [3.05, 3.63) is 36.0 Å². The fourth-order valence-electron chi connectivity index (χ4n) is 1.92. The molecule has 86 valence electrons. The lowest BCUT2D eigenvalue weighted by molar-refractivity contribution is 0.127. The van der Waals surface area contributed by atoms with Crippen LogP contribution in [0.15, 0.2) is 30.5 Å². The number of fused-ring (bicyclic) bond motifs is 1. The van der Waals surface area contributed by atoms with Crippen LogP contribution in [0, 0.1) is 6.92 Å². The molecule has 0 aliphatic heterocycles. The van der Waals surface area contributed by atoms with Crippen LogP contribution >= 0.6 is 0 Å². The Morgan fingerprint density at radius 3 is 2.88 bits per heavy atom. The Bertz CT molecular complexity index is 459. The predicted molar refractivity (Wildman–Crippen MR) is 67.8 cm³/mol. The lowest BCUT2D eigenvalue weighted by atomic mass is 10.2. The van der Waals surface area contributed by atoms with Crippen molar-refractivity contribution >= 4 is 10.9 Å². The minimum absolute atomic E-state index is 0.797. The standard InChI is InChI=1S/C14H19NO/c1-3-9-16-10-8-15-7-6-13-11-12(2)4-5-14(13)15/h4-7,11H,3,8-10H2,1-2H3. The molecule has 0 aliphatic carbocycles. The van der Waals surface area contributed by atoms with Crippen LogP contribution in [0.5, 0.6) is 0 Å². The van der Waals surface area contributed by atoms with E-state index in [1.807, 2.05) is 0 Å². The molecule has 1 aromatic heterocycles. The van der Waals surface area contributed by atoms with Crippen LogP contribution in [0.1, 0.15) is 18.9 Å². The molecule has 0 N–H and O–H groups in total. The summed E-state index contributed by atoms with van der Waals surface area (Å²) < 4.78 is 7.76. The first-order valence-corrected chi connectivity index (χ1v) is 5.94. The van der Waals surface area contributed by atoms with Gasteiger partial charge < -0.3 is 9.30 Å². The van der Waals surface area contributed by atoms with Crippen molar-refractivity contribution < 1.29 is 4.74 Å². The van der Waals surface area contributed by atoms with Gasteiger partial charge in [0.2, 0.25) is 0 Å². The topological polar surface area (TPSA) is 14.2 Å². The number of nitrogens with zero attached hydrogens (tertiary/aromatic N) is 1. The lowest BCUT2D eigenvalue weighted by Crippen LogP contribution is -2.05. The number of benzene rings is 1. The summed E-state index contributed by atoms with van der Waals surface area (Å²) in [7, 11) is 0. The van der Waals surface area contributed by atoms with E-state index in [2.05, 4.69) is 48.9 Å². The van der Waals surface area contributed by atoms with Crippen LogP contribution in [-0.2, 0) is 11.3 Å². The summed E-state index contributed by atoms with van der Waals surface area (Å²) >= 11 is 0. The molecule has 2 rings (SSSR count). The van der Waals surface area contributed by atoms with Crippen molar-refractivity contribution in [1.29, 1.82) is 0 Å². The number of aryl methyl sites for hydroxylation is 1. The van der Waals surface area contributed by atoms with Gasteiger partial charge in [0.25, 0.3) is 0 Å². The van der Waals surface area contributed by atoms with E-state index in [0.29, 0.717) is 0 Å². The van der Waals surface area contributed by atoms with Gasteiger partial charge in [0.05, 0.1) is 6.61 Å². The summed E-state index contributed by atoms with van der Waals surface area (Å²) in [5, 5.41) is 1.32. The highest BCUT2D eigenvalue weighted by Gasteiger charge is 2.00. The fraction of sp³-hybridized carbons (Fsp3) is 0.429. The molecular weight excluding hydrogens is 198 g/mol. The molecule has 2 nitrogen and oxygen atoms in total. The highest BCUT2D eigenvalue weighted by Crippen LogP contribution is 2.17. The Morgan fingerprint density at radius 1 is 1.19 bits per heavy atom. The second-order valence-corrected chi connectivity index (χ2v) is 4.18. The Labute approximate surface area is 96.8 Å². The third kappa shape index (κ3) is 2.45. The maximum atomic E-state index is 5.51. The minimum atomic E-state index is 0.797. The van der Waals surface area contributed by atoms with Gasteiger partial charge >= 0.3 is 0 Å². The van der Waals surface area contributed by atoms with Crippen molar-refractivity contribution in [3.8, 4) is 0 Å². The average molecular weight is 217 g/mol. The second-order valence-electron chi connectivity index (χ2n) is 4.18. The number of hydrogen-bond acceptors (Lipinski definition) is 1. The summed E-state index contributed by atoms with van der Waals surface area (Å²) in [6, 6.07) is 8.73. The van der Waals surface area contributed by atoms with Gasteiger partial charge in [-0.3, -0.25) is 0 Å². The molecule has 0 unspecified atom stereocenters.